The van der Waals surface area contributed by atoms with Gasteiger partial charge in [-0.05, 0) is 69.8 Å². The van der Waals surface area contributed by atoms with Crippen molar-refractivity contribution < 1.29 is 4.57 Å². The fourth-order valence-corrected chi connectivity index (χ4v) is 6.81. The van der Waals surface area contributed by atoms with Gasteiger partial charge >= 0.3 is 0 Å². The maximum atomic E-state index is 2.52. The van der Waals surface area contributed by atoms with Gasteiger partial charge in [0.15, 0.2) is 17.4 Å². The molecule has 1 heteroatoms. The molecule has 0 spiro atoms. The second-order valence-corrected chi connectivity index (χ2v) is 9.99. The number of fused-ring (bicyclic) bond motifs is 8. The maximum absolute atomic E-state index is 2.52. The van der Waals surface area contributed by atoms with Crippen molar-refractivity contribution >= 4 is 0 Å². The van der Waals surface area contributed by atoms with Gasteiger partial charge in [-0.25, -0.2) is 0 Å². The van der Waals surface area contributed by atoms with Gasteiger partial charge in [-0.3, -0.25) is 0 Å². The molecule has 1 aromatic heterocycles. The van der Waals surface area contributed by atoms with E-state index in [0.29, 0.717) is 5.92 Å². The highest BCUT2D eigenvalue weighted by Gasteiger charge is 2.48. The number of aryl methyl sites for hydroxylation is 1. The molecular weight excluding hydrogens is 374 g/mol. The average molecular weight is 401 g/mol. The van der Waals surface area contributed by atoms with Gasteiger partial charge in [0.25, 0.3) is 0 Å². The third-order valence-electron chi connectivity index (χ3n) is 8.05. The molecule has 0 saturated heterocycles. The van der Waals surface area contributed by atoms with E-state index in [1.165, 1.54) is 44.6 Å². The molecule has 7 rings (SSSR count). The van der Waals surface area contributed by atoms with E-state index in [9.17, 15) is 0 Å². The Hall–Kier alpha value is -3.19. The van der Waals surface area contributed by atoms with Crippen LogP contribution in [0.25, 0.3) is 11.1 Å². The zero-order chi connectivity index (χ0) is 20.9. The van der Waals surface area contributed by atoms with Crippen LogP contribution in [0.5, 0.6) is 0 Å². The Morgan fingerprint density at radius 3 is 2.48 bits per heavy atom. The van der Waals surface area contributed by atoms with E-state index in [2.05, 4.69) is 98.3 Å². The highest BCUT2D eigenvalue weighted by molar-refractivity contribution is 5.80. The lowest BCUT2D eigenvalue weighted by atomic mass is 9.67. The second-order valence-electron chi connectivity index (χ2n) is 9.99. The first-order valence-corrected chi connectivity index (χ1v) is 11.4. The zero-order valence-electron chi connectivity index (χ0n) is 18.4. The smallest absolute Gasteiger partial charge is 0.192 e. The molecule has 1 unspecified atom stereocenters. The van der Waals surface area contributed by atoms with Crippen molar-refractivity contribution in [3.8, 4) is 11.1 Å². The van der Waals surface area contributed by atoms with Crippen LogP contribution in [0, 0.1) is 6.92 Å². The Morgan fingerprint density at radius 1 is 0.774 bits per heavy atom. The minimum absolute atomic E-state index is 0.0486. The lowest BCUT2D eigenvalue weighted by molar-refractivity contribution is -0.756. The Bertz CT molecular complexity index is 1420. The van der Waals surface area contributed by atoms with Crippen LogP contribution in [-0.2, 0) is 18.4 Å². The zero-order valence-corrected chi connectivity index (χ0v) is 18.4. The molecule has 3 aliphatic rings. The van der Waals surface area contributed by atoms with Crippen molar-refractivity contribution in [3.05, 3.63) is 123 Å². The van der Waals surface area contributed by atoms with Crippen molar-refractivity contribution in [2.75, 3.05) is 0 Å². The third-order valence-corrected chi connectivity index (χ3v) is 8.05. The fourth-order valence-electron chi connectivity index (χ4n) is 6.81. The van der Waals surface area contributed by atoms with Gasteiger partial charge in [-0.1, -0.05) is 54.6 Å². The molecule has 0 bridgehead atoms. The normalized spacial score (nSPS) is 18.5. The number of hydrogen-bond donors (Lipinski definition) is 0. The number of pyridine rings is 1. The van der Waals surface area contributed by atoms with Crippen LogP contribution < -0.4 is 4.57 Å². The van der Waals surface area contributed by atoms with Crippen molar-refractivity contribution in [1.29, 1.82) is 0 Å². The first-order valence-electron chi connectivity index (χ1n) is 11.4. The van der Waals surface area contributed by atoms with Gasteiger partial charge in [0.2, 0.25) is 0 Å². The van der Waals surface area contributed by atoms with Gasteiger partial charge < -0.3 is 0 Å². The summed E-state index contributed by atoms with van der Waals surface area (Å²) in [6.07, 6.45) is 4.39. The van der Waals surface area contributed by atoms with Crippen molar-refractivity contribution in [2.24, 2.45) is 0 Å². The highest BCUT2D eigenvalue weighted by atomic mass is 15.1. The van der Waals surface area contributed by atoms with E-state index >= 15 is 0 Å². The molecule has 0 fully saturated rings. The second kappa shape index (κ2) is 5.73. The van der Waals surface area contributed by atoms with Crippen LogP contribution >= 0.6 is 0 Å². The van der Waals surface area contributed by atoms with Gasteiger partial charge in [0.1, 0.15) is 0 Å². The van der Waals surface area contributed by atoms with E-state index in [-0.39, 0.29) is 5.54 Å². The molecule has 150 valence electrons. The summed E-state index contributed by atoms with van der Waals surface area (Å²) >= 11 is 0. The standard InChI is InChI=1S/C30H26N/c1-18-11-12-20-17-25-23(14-13-22-21-9-5-4-8-19(21)16-24(22)25)28-26-10-6-7-15-31(26)30(2,3)29(18)27(20)28/h4-15,28H,16-17H2,1-3H3/q+1. The molecular formula is C30H26N+. The summed E-state index contributed by atoms with van der Waals surface area (Å²) in [6.45, 7) is 7.05. The Kier molecular flexibility index (Phi) is 3.23. The molecule has 0 N–H and O–H groups in total. The van der Waals surface area contributed by atoms with Crippen LogP contribution in [-0.4, -0.2) is 0 Å². The predicted octanol–water partition coefficient (Wildman–Crippen LogP) is 6.03. The fraction of sp³-hybridized carbons (Fsp3) is 0.233. The number of aromatic nitrogens is 1. The quantitative estimate of drug-likeness (QED) is 0.274. The van der Waals surface area contributed by atoms with Crippen molar-refractivity contribution in [2.45, 2.75) is 45.1 Å². The van der Waals surface area contributed by atoms with Crippen LogP contribution in [0.15, 0.2) is 72.9 Å². The summed E-state index contributed by atoms with van der Waals surface area (Å²) in [7, 11) is 0. The average Bonchev–Trinajstić information content (AvgIpc) is 3.16. The highest BCUT2D eigenvalue weighted by Crippen LogP contribution is 2.51. The number of rotatable bonds is 0. The van der Waals surface area contributed by atoms with E-state index in [4.69, 9.17) is 0 Å². The minimum atomic E-state index is -0.0486. The summed E-state index contributed by atoms with van der Waals surface area (Å²) in [4.78, 5) is 0. The molecule has 31 heavy (non-hydrogen) atoms. The molecule has 0 radical (unpaired) electrons. The van der Waals surface area contributed by atoms with Crippen molar-refractivity contribution in [3.63, 3.8) is 0 Å². The summed E-state index contributed by atoms with van der Waals surface area (Å²) in [5, 5.41) is 0. The molecule has 4 aromatic rings. The largest absolute Gasteiger partial charge is 0.194 e. The van der Waals surface area contributed by atoms with Crippen LogP contribution in [0.3, 0.4) is 0 Å². The lowest BCUT2D eigenvalue weighted by Gasteiger charge is -2.39. The predicted molar refractivity (Wildman–Crippen MR) is 125 cm³/mol. The van der Waals surface area contributed by atoms with Gasteiger partial charge in [-0.15, -0.1) is 0 Å². The molecule has 2 aliphatic carbocycles. The minimum Gasteiger partial charge on any atom is -0.192 e. The number of benzene rings is 3. The third kappa shape index (κ3) is 2.09. The summed E-state index contributed by atoms with van der Waals surface area (Å²) < 4.78 is 2.52. The van der Waals surface area contributed by atoms with Gasteiger partial charge in [0, 0.05) is 31.5 Å². The van der Waals surface area contributed by atoms with Crippen molar-refractivity contribution in [1.82, 2.24) is 0 Å². The van der Waals surface area contributed by atoms with E-state index < -0.39 is 0 Å². The Labute approximate surface area is 184 Å². The van der Waals surface area contributed by atoms with E-state index in [0.717, 1.165) is 12.8 Å². The molecule has 2 heterocycles. The monoisotopic (exact) mass is 400 g/mol. The van der Waals surface area contributed by atoms with Gasteiger partial charge in [-0.2, -0.15) is 4.57 Å². The van der Waals surface area contributed by atoms with Crippen LogP contribution in [0.1, 0.15) is 70.0 Å². The Balaban J connectivity index is 1.55. The Morgan fingerprint density at radius 2 is 1.58 bits per heavy atom. The molecule has 0 amide bonds. The summed E-state index contributed by atoms with van der Waals surface area (Å²) in [5.41, 5.74) is 16.4. The molecule has 1 aliphatic heterocycles. The number of nitrogens with zero attached hydrogens (tertiary/aromatic N) is 1. The SMILES string of the molecule is Cc1ccc2c3c1C(C)(C)[n+]1ccccc1C3c1ccc3c(c1C2)Cc1ccccc1-3. The lowest BCUT2D eigenvalue weighted by Crippen LogP contribution is -2.60. The van der Waals surface area contributed by atoms with Crippen LogP contribution in [0.4, 0.5) is 0 Å². The topological polar surface area (TPSA) is 3.88 Å². The maximum Gasteiger partial charge on any atom is 0.194 e. The van der Waals surface area contributed by atoms with Gasteiger partial charge in [0.05, 0.1) is 5.92 Å². The molecule has 1 nitrogen and oxygen atoms in total. The first kappa shape index (κ1) is 17.5. The van der Waals surface area contributed by atoms with Crippen LogP contribution in [0.2, 0.25) is 0 Å². The molecule has 1 atom stereocenters. The van der Waals surface area contributed by atoms with E-state index in [1.54, 1.807) is 16.7 Å². The summed E-state index contributed by atoms with van der Waals surface area (Å²) in [5.74, 6) is 0.317. The summed E-state index contributed by atoms with van der Waals surface area (Å²) in [6, 6.07) is 25.3. The van der Waals surface area contributed by atoms with E-state index in [1.807, 2.05) is 0 Å². The number of hydrogen-bond acceptors (Lipinski definition) is 0. The molecule has 3 aromatic carbocycles. The molecule has 0 saturated carbocycles. The first-order chi connectivity index (χ1) is 15.1.